The van der Waals surface area contributed by atoms with E-state index in [1.807, 2.05) is 6.92 Å². The number of nitrogens with one attached hydrogen (secondary N) is 1. The Morgan fingerprint density at radius 1 is 1.75 bits per heavy atom. The molecule has 0 spiro atoms. The van der Waals surface area contributed by atoms with Gasteiger partial charge in [-0.2, -0.15) is 0 Å². The third-order valence-corrected chi connectivity index (χ3v) is 1.28. The van der Waals surface area contributed by atoms with E-state index in [0.717, 1.165) is 0 Å². The molecule has 0 atom stereocenters. The second-order valence-electron chi connectivity index (χ2n) is 2.06. The first kappa shape index (κ1) is 8.61. The normalized spacial score (nSPS) is 11.3. The summed E-state index contributed by atoms with van der Waals surface area (Å²) < 4.78 is 0. The van der Waals surface area contributed by atoms with Crippen molar-refractivity contribution in [2.45, 2.75) is 6.92 Å². The molecular weight excluding hydrogens is 154 g/mol. The largest absolute Gasteiger partial charge is 0.307 e. The highest BCUT2D eigenvalue weighted by Crippen LogP contribution is 1.91. The summed E-state index contributed by atoms with van der Waals surface area (Å²) >= 11 is 0. The summed E-state index contributed by atoms with van der Waals surface area (Å²) in [4.78, 5) is 11.9. The fourth-order valence-corrected chi connectivity index (χ4v) is 0.789. The fraction of sp³-hybridized carbons (Fsp3) is 0.286. The minimum atomic E-state index is 0.583. The molecule has 0 bridgehead atoms. The van der Waals surface area contributed by atoms with Crippen LogP contribution in [0.15, 0.2) is 23.6 Å². The molecular formula is C7H11N5. The lowest BCUT2D eigenvalue weighted by molar-refractivity contribution is 0.975. The van der Waals surface area contributed by atoms with Gasteiger partial charge in [0, 0.05) is 12.7 Å². The van der Waals surface area contributed by atoms with Crippen molar-refractivity contribution < 1.29 is 0 Å². The summed E-state index contributed by atoms with van der Waals surface area (Å²) in [5.41, 5.74) is 3.18. The molecule has 0 saturated heterocycles. The third-order valence-electron chi connectivity index (χ3n) is 1.28. The monoisotopic (exact) mass is 165 g/mol. The maximum absolute atomic E-state index is 5.25. The smallest absolute Gasteiger partial charge is 0.161 e. The highest BCUT2D eigenvalue weighted by Gasteiger charge is 1.99. The van der Waals surface area contributed by atoms with Gasteiger partial charge in [0.15, 0.2) is 5.84 Å². The Morgan fingerprint density at radius 2 is 2.58 bits per heavy atom. The second-order valence-corrected chi connectivity index (χ2v) is 2.06. The molecule has 1 rings (SSSR count). The second kappa shape index (κ2) is 4.40. The Balaban J connectivity index is 2.88. The molecule has 1 aromatic heterocycles. The molecule has 0 aliphatic heterocycles. The van der Waals surface area contributed by atoms with Gasteiger partial charge in [0.2, 0.25) is 0 Å². The Hall–Kier alpha value is -1.49. The van der Waals surface area contributed by atoms with Crippen molar-refractivity contribution in [3.63, 3.8) is 0 Å². The van der Waals surface area contributed by atoms with Crippen LogP contribution in [-0.4, -0.2) is 22.3 Å². The predicted octanol–water partition coefficient (Wildman–Crippen LogP) is -0.294. The lowest BCUT2D eigenvalue weighted by Gasteiger charge is -2.02. The third kappa shape index (κ3) is 2.00. The average molecular weight is 165 g/mol. The van der Waals surface area contributed by atoms with E-state index in [0.29, 0.717) is 18.1 Å². The summed E-state index contributed by atoms with van der Waals surface area (Å²) in [6.07, 6.45) is 3.10. The Labute approximate surface area is 70.7 Å². The topological polar surface area (TPSA) is 76.2 Å². The van der Waals surface area contributed by atoms with Crippen molar-refractivity contribution in [1.29, 1.82) is 0 Å². The number of amidine groups is 1. The molecule has 0 amide bonds. The number of nitrogens with two attached hydrogens (primary N) is 1. The number of nitrogens with zero attached hydrogens (tertiary/aromatic N) is 3. The minimum Gasteiger partial charge on any atom is -0.307 e. The molecule has 64 valence electrons. The van der Waals surface area contributed by atoms with Crippen LogP contribution in [0.2, 0.25) is 0 Å². The van der Waals surface area contributed by atoms with Gasteiger partial charge in [0.05, 0.1) is 0 Å². The van der Waals surface area contributed by atoms with Crippen LogP contribution in [0.25, 0.3) is 0 Å². The van der Waals surface area contributed by atoms with E-state index < -0.39 is 0 Å². The van der Waals surface area contributed by atoms with Gasteiger partial charge in [0.1, 0.15) is 12.0 Å². The molecule has 3 N–H and O–H groups in total. The molecule has 1 aromatic rings. The average Bonchev–Trinajstić information content (AvgIpc) is 2.15. The van der Waals surface area contributed by atoms with Crippen LogP contribution in [-0.2, 0) is 0 Å². The highest BCUT2D eigenvalue weighted by atomic mass is 15.3. The molecule has 0 unspecified atom stereocenters. The molecule has 5 nitrogen and oxygen atoms in total. The summed E-state index contributed by atoms with van der Waals surface area (Å²) in [7, 11) is 0. The van der Waals surface area contributed by atoms with E-state index in [2.05, 4.69) is 20.4 Å². The van der Waals surface area contributed by atoms with Gasteiger partial charge in [-0.15, -0.1) is 0 Å². The van der Waals surface area contributed by atoms with Crippen LogP contribution < -0.4 is 11.3 Å². The SMILES string of the molecule is CCN=C(NN)c1ccncn1. The van der Waals surface area contributed by atoms with Gasteiger partial charge in [-0.05, 0) is 13.0 Å². The van der Waals surface area contributed by atoms with Crippen LogP contribution in [0, 0.1) is 0 Å². The van der Waals surface area contributed by atoms with E-state index in [9.17, 15) is 0 Å². The van der Waals surface area contributed by atoms with E-state index in [4.69, 9.17) is 5.84 Å². The summed E-state index contributed by atoms with van der Waals surface area (Å²) in [6.45, 7) is 2.60. The van der Waals surface area contributed by atoms with Crippen molar-refractivity contribution in [3.8, 4) is 0 Å². The number of aromatic nitrogens is 2. The Bertz CT molecular complexity index is 256. The van der Waals surface area contributed by atoms with Gasteiger partial charge in [-0.25, -0.2) is 15.8 Å². The Morgan fingerprint density at radius 3 is 3.08 bits per heavy atom. The van der Waals surface area contributed by atoms with Crippen LogP contribution in [0.5, 0.6) is 0 Å². The van der Waals surface area contributed by atoms with Crippen molar-refractivity contribution in [2.75, 3.05) is 6.54 Å². The molecule has 0 aliphatic carbocycles. The maximum Gasteiger partial charge on any atom is 0.161 e. The first-order valence-corrected chi connectivity index (χ1v) is 3.66. The maximum atomic E-state index is 5.25. The number of rotatable bonds is 2. The summed E-state index contributed by atoms with van der Waals surface area (Å²) in [5, 5.41) is 0. The Kier molecular flexibility index (Phi) is 3.16. The molecule has 0 saturated carbocycles. The van der Waals surface area contributed by atoms with Crippen LogP contribution in [0.1, 0.15) is 12.6 Å². The number of hydrogen-bond acceptors (Lipinski definition) is 4. The van der Waals surface area contributed by atoms with Crippen molar-refractivity contribution >= 4 is 5.84 Å². The molecule has 0 radical (unpaired) electrons. The quantitative estimate of drug-likeness (QED) is 0.273. The minimum absolute atomic E-state index is 0.583. The lowest BCUT2D eigenvalue weighted by atomic mass is 10.4. The molecule has 0 aliphatic rings. The summed E-state index contributed by atoms with van der Waals surface area (Å²) in [6, 6.07) is 1.74. The summed E-state index contributed by atoms with van der Waals surface area (Å²) in [5.74, 6) is 5.83. The molecule has 12 heavy (non-hydrogen) atoms. The van der Waals surface area contributed by atoms with Crippen molar-refractivity contribution in [1.82, 2.24) is 15.4 Å². The highest BCUT2D eigenvalue weighted by molar-refractivity contribution is 5.96. The lowest BCUT2D eigenvalue weighted by Crippen LogP contribution is -2.32. The number of hydrazine groups is 1. The van der Waals surface area contributed by atoms with Crippen LogP contribution in [0.3, 0.4) is 0 Å². The van der Waals surface area contributed by atoms with Gasteiger partial charge >= 0.3 is 0 Å². The zero-order valence-electron chi connectivity index (χ0n) is 6.86. The fourth-order valence-electron chi connectivity index (χ4n) is 0.789. The van der Waals surface area contributed by atoms with Crippen LogP contribution in [0.4, 0.5) is 0 Å². The molecule has 0 aromatic carbocycles. The van der Waals surface area contributed by atoms with E-state index in [1.165, 1.54) is 6.33 Å². The number of hydrogen-bond donors (Lipinski definition) is 2. The number of aliphatic imine (C=N–C) groups is 1. The van der Waals surface area contributed by atoms with Gasteiger partial charge in [0.25, 0.3) is 0 Å². The molecule has 0 fully saturated rings. The van der Waals surface area contributed by atoms with Crippen molar-refractivity contribution in [3.05, 3.63) is 24.3 Å². The predicted molar refractivity (Wildman–Crippen MR) is 46.4 cm³/mol. The van der Waals surface area contributed by atoms with E-state index in [1.54, 1.807) is 12.3 Å². The zero-order chi connectivity index (χ0) is 8.81. The first-order chi connectivity index (χ1) is 5.88. The standard InChI is InChI=1S/C7H11N5/c1-2-10-7(12-8)6-3-4-9-5-11-6/h3-5H,2,8H2,1H3,(H,10,12). The van der Waals surface area contributed by atoms with Gasteiger partial charge in [-0.1, -0.05) is 0 Å². The van der Waals surface area contributed by atoms with Crippen molar-refractivity contribution in [2.24, 2.45) is 10.8 Å². The molecule has 5 heteroatoms. The van der Waals surface area contributed by atoms with E-state index in [-0.39, 0.29) is 0 Å². The van der Waals surface area contributed by atoms with Gasteiger partial charge in [-0.3, -0.25) is 4.99 Å². The van der Waals surface area contributed by atoms with Gasteiger partial charge < -0.3 is 5.43 Å². The zero-order valence-corrected chi connectivity index (χ0v) is 6.86. The molecule has 1 heterocycles. The first-order valence-electron chi connectivity index (χ1n) is 3.66. The van der Waals surface area contributed by atoms with E-state index >= 15 is 0 Å². The van der Waals surface area contributed by atoms with Crippen LogP contribution >= 0.6 is 0 Å².